The second kappa shape index (κ2) is 9.48. The van der Waals surface area contributed by atoms with Gasteiger partial charge in [-0.05, 0) is 36.2 Å². The molecule has 31 heavy (non-hydrogen) atoms. The van der Waals surface area contributed by atoms with Gasteiger partial charge in [0.1, 0.15) is 5.82 Å². The zero-order valence-corrected chi connectivity index (χ0v) is 17.0. The zero-order chi connectivity index (χ0) is 21.6. The molecule has 0 unspecified atom stereocenters. The summed E-state index contributed by atoms with van der Waals surface area (Å²) < 4.78 is 24.6. The lowest BCUT2D eigenvalue weighted by molar-refractivity contribution is -0.122. The predicted molar refractivity (Wildman–Crippen MR) is 110 cm³/mol. The van der Waals surface area contributed by atoms with Crippen LogP contribution in [0, 0.1) is 5.92 Å². The largest absolute Gasteiger partial charge is 0.493 e. The number of methoxy groups -OCH3 is 1. The maximum Gasteiger partial charge on any atom is 0.290 e. The Morgan fingerprint density at radius 1 is 1.23 bits per heavy atom. The smallest absolute Gasteiger partial charge is 0.290 e. The van der Waals surface area contributed by atoms with Crippen LogP contribution < -0.4 is 14.2 Å². The molecule has 3 aromatic rings. The number of aromatic nitrogens is 3. The van der Waals surface area contributed by atoms with Crippen LogP contribution in [-0.4, -0.2) is 53.2 Å². The Hall–Kier alpha value is -3.59. The van der Waals surface area contributed by atoms with Crippen molar-refractivity contribution in [2.24, 2.45) is 5.92 Å². The van der Waals surface area contributed by atoms with Crippen LogP contribution in [0.5, 0.6) is 17.2 Å². The van der Waals surface area contributed by atoms with E-state index < -0.39 is 0 Å². The van der Waals surface area contributed by atoms with Gasteiger partial charge in [0.25, 0.3) is 6.47 Å². The highest BCUT2D eigenvalue weighted by Gasteiger charge is 2.32. The normalized spacial score (nSPS) is 18.9. The highest BCUT2D eigenvalue weighted by atomic mass is 16.7. The number of ether oxygens (including phenoxy) is 4. The number of pyridine rings is 1. The number of carbonyl (C=O) groups is 1. The minimum atomic E-state index is -0.250. The van der Waals surface area contributed by atoms with Crippen LogP contribution in [0.25, 0.3) is 11.4 Å². The van der Waals surface area contributed by atoms with Crippen molar-refractivity contribution in [3.63, 3.8) is 0 Å². The summed E-state index contributed by atoms with van der Waals surface area (Å²) >= 11 is 0. The second-order valence-corrected chi connectivity index (χ2v) is 7.10. The van der Waals surface area contributed by atoms with Crippen molar-refractivity contribution in [3.05, 3.63) is 54.6 Å². The molecule has 0 bridgehead atoms. The van der Waals surface area contributed by atoms with Crippen LogP contribution in [0.1, 0.15) is 11.6 Å². The Bertz CT molecular complexity index is 1020. The molecule has 9 nitrogen and oxygen atoms in total. The minimum Gasteiger partial charge on any atom is -0.493 e. The first-order chi connectivity index (χ1) is 15.2. The van der Waals surface area contributed by atoms with Gasteiger partial charge in [-0.25, -0.2) is 4.98 Å². The first-order valence-corrected chi connectivity index (χ1v) is 9.80. The molecule has 2 aliphatic heterocycles. The van der Waals surface area contributed by atoms with Gasteiger partial charge >= 0.3 is 0 Å². The van der Waals surface area contributed by atoms with E-state index in [-0.39, 0.29) is 19.3 Å². The first kappa shape index (κ1) is 20.7. The molecule has 0 saturated carbocycles. The molecule has 162 valence electrons. The van der Waals surface area contributed by atoms with Gasteiger partial charge in [-0.1, -0.05) is 0 Å². The summed E-state index contributed by atoms with van der Waals surface area (Å²) in [6.07, 6.45) is 8.46. The minimum absolute atomic E-state index is 0.202. The number of rotatable bonds is 5. The van der Waals surface area contributed by atoms with Crippen molar-refractivity contribution in [2.75, 3.05) is 27.1 Å². The molecule has 2 aromatic heterocycles. The number of imidazole rings is 1. The van der Waals surface area contributed by atoms with Crippen molar-refractivity contribution < 1.29 is 28.8 Å². The molecule has 0 aliphatic carbocycles. The Labute approximate surface area is 179 Å². The lowest BCUT2D eigenvalue weighted by Crippen LogP contribution is -2.20. The maximum atomic E-state index is 8.36. The molecule has 1 N–H and O–H groups in total. The third-order valence-corrected chi connectivity index (χ3v) is 5.35. The van der Waals surface area contributed by atoms with Gasteiger partial charge in [0, 0.05) is 36.3 Å². The zero-order valence-electron chi connectivity index (χ0n) is 17.0. The Morgan fingerprint density at radius 2 is 2.03 bits per heavy atom. The van der Waals surface area contributed by atoms with E-state index in [9.17, 15) is 0 Å². The fourth-order valence-corrected chi connectivity index (χ4v) is 3.97. The van der Waals surface area contributed by atoms with Crippen LogP contribution >= 0.6 is 0 Å². The van der Waals surface area contributed by atoms with Gasteiger partial charge in [0.15, 0.2) is 11.5 Å². The highest BCUT2D eigenvalue weighted by Crippen LogP contribution is 2.44. The van der Waals surface area contributed by atoms with Crippen molar-refractivity contribution in [2.45, 2.75) is 12.5 Å². The summed E-state index contributed by atoms with van der Waals surface area (Å²) in [5.74, 6) is 3.21. The summed E-state index contributed by atoms with van der Waals surface area (Å²) in [6, 6.07) is 8.24. The van der Waals surface area contributed by atoms with E-state index in [0.717, 1.165) is 24.4 Å². The van der Waals surface area contributed by atoms with Crippen LogP contribution in [0.2, 0.25) is 0 Å². The third-order valence-electron chi connectivity index (χ3n) is 5.35. The maximum absolute atomic E-state index is 8.36. The van der Waals surface area contributed by atoms with Crippen LogP contribution in [0.15, 0.2) is 49.1 Å². The molecule has 1 fully saturated rings. The Balaban J connectivity index is 0.000000730. The SMILES string of the molecule is COc1cc(-c2nccn2[C@@H]2COC[C@@H]2Cc2ccncc2)cc2c1OCO2.O=CO. The number of carboxylic acid groups (broad SMARTS) is 1. The topological polar surface area (TPSA) is 105 Å². The highest BCUT2D eigenvalue weighted by molar-refractivity contribution is 5.67. The Kier molecular flexibility index (Phi) is 6.32. The first-order valence-electron chi connectivity index (χ1n) is 9.80. The van der Waals surface area contributed by atoms with E-state index in [0.29, 0.717) is 29.8 Å². The van der Waals surface area contributed by atoms with Crippen molar-refractivity contribution in [1.29, 1.82) is 0 Å². The molecule has 9 heteroatoms. The third kappa shape index (κ3) is 4.31. The van der Waals surface area contributed by atoms with Crippen molar-refractivity contribution in [3.8, 4) is 28.6 Å². The van der Waals surface area contributed by atoms with Gasteiger partial charge in [-0.3, -0.25) is 9.78 Å². The monoisotopic (exact) mass is 425 g/mol. The van der Waals surface area contributed by atoms with Gasteiger partial charge in [0.05, 0.1) is 26.4 Å². The average Bonchev–Trinajstić information content (AvgIpc) is 3.54. The van der Waals surface area contributed by atoms with E-state index in [1.54, 1.807) is 7.11 Å². The number of hydrogen-bond acceptors (Lipinski definition) is 7. The van der Waals surface area contributed by atoms with E-state index in [1.807, 2.05) is 36.9 Å². The molecule has 2 atom stereocenters. The van der Waals surface area contributed by atoms with E-state index in [1.165, 1.54) is 5.56 Å². The Morgan fingerprint density at radius 3 is 2.81 bits per heavy atom. The van der Waals surface area contributed by atoms with Crippen LogP contribution in [0.3, 0.4) is 0 Å². The van der Waals surface area contributed by atoms with Crippen molar-refractivity contribution in [1.82, 2.24) is 14.5 Å². The summed E-state index contributed by atoms with van der Waals surface area (Å²) in [5, 5.41) is 6.89. The second-order valence-electron chi connectivity index (χ2n) is 7.10. The number of nitrogens with zero attached hydrogens (tertiary/aromatic N) is 3. The average molecular weight is 425 g/mol. The quantitative estimate of drug-likeness (QED) is 0.622. The summed E-state index contributed by atoms with van der Waals surface area (Å²) in [5.41, 5.74) is 2.20. The molecule has 0 amide bonds. The van der Waals surface area contributed by atoms with Crippen LogP contribution in [0.4, 0.5) is 0 Å². The van der Waals surface area contributed by atoms with Crippen molar-refractivity contribution >= 4 is 6.47 Å². The molecular formula is C22H23N3O6. The fraction of sp³-hybridized carbons (Fsp3) is 0.318. The molecule has 4 heterocycles. The number of hydrogen-bond donors (Lipinski definition) is 1. The lowest BCUT2D eigenvalue weighted by Gasteiger charge is -2.21. The molecule has 5 rings (SSSR count). The molecule has 2 aliphatic rings. The van der Waals surface area contributed by atoms with Gasteiger partial charge in [0.2, 0.25) is 12.5 Å². The molecule has 0 radical (unpaired) electrons. The van der Waals surface area contributed by atoms with Gasteiger partial charge < -0.3 is 28.6 Å². The van der Waals surface area contributed by atoms with E-state index in [2.05, 4.69) is 26.7 Å². The predicted octanol–water partition coefficient (Wildman–Crippen LogP) is 2.81. The molecular weight excluding hydrogens is 402 g/mol. The molecule has 0 spiro atoms. The van der Waals surface area contributed by atoms with Gasteiger partial charge in [-0.15, -0.1) is 0 Å². The van der Waals surface area contributed by atoms with E-state index >= 15 is 0 Å². The molecule has 1 aromatic carbocycles. The fourth-order valence-electron chi connectivity index (χ4n) is 3.97. The van der Waals surface area contributed by atoms with Gasteiger partial charge in [-0.2, -0.15) is 0 Å². The van der Waals surface area contributed by atoms with E-state index in [4.69, 9.17) is 28.8 Å². The lowest BCUT2D eigenvalue weighted by atomic mass is 9.95. The standard InChI is InChI=1S/C21H21N3O4.CH2O2/c1-25-18-9-15(10-19-20(18)28-13-27-19)21-23-6-7-24(21)17-12-26-11-16(17)8-14-2-4-22-5-3-14;2-1-3/h2-7,9-10,16-17H,8,11-13H2,1H3;1H,(H,2,3)/t16-,17+;/m0./s1. The number of fused-ring (bicyclic) bond motifs is 1. The summed E-state index contributed by atoms with van der Waals surface area (Å²) in [7, 11) is 1.63. The van der Waals surface area contributed by atoms with Crippen LogP contribution in [-0.2, 0) is 16.0 Å². The summed E-state index contributed by atoms with van der Waals surface area (Å²) in [6.45, 7) is 1.35. The molecule has 1 saturated heterocycles. The number of benzene rings is 1. The summed E-state index contributed by atoms with van der Waals surface area (Å²) in [4.78, 5) is 17.1.